The normalized spacial score (nSPS) is 19.9. The van der Waals surface area contributed by atoms with Gasteiger partial charge < -0.3 is 4.90 Å². The number of halogens is 1. The molecule has 1 fully saturated rings. The summed E-state index contributed by atoms with van der Waals surface area (Å²) in [5.41, 5.74) is 2.68. The smallest absolute Gasteiger partial charge is 0.255 e. The lowest BCUT2D eigenvalue weighted by Gasteiger charge is -2.24. The summed E-state index contributed by atoms with van der Waals surface area (Å²) in [6.45, 7) is 6.61. The summed E-state index contributed by atoms with van der Waals surface area (Å²) in [5.74, 6) is 0.821. The van der Waals surface area contributed by atoms with Crippen LogP contribution >= 0.6 is 11.6 Å². The van der Waals surface area contributed by atoms with Gasteiger partial charge >= 0.3 is 0 Å². The van der Waals surface area contributed by atoms with Crippen molar-refractivity contribution in [3.8, 4) is 0 Å². The predicted octanol–water partition coefficient (Wildman–Crippen LogP) is 3.74. The van der Waals surface area contributed by atoms with Crippen molar-refractivity contribution in [2.24, 2.45) is 5.92 Å². The summed E-state index contributed by atoms with van der Waals surface area (Å²) in [6.07, 6.45) is 4.21. The molecule has 0 bridgehead atoms. The summed E-state index contributed by atoms with van der Waals surface area (Å²) in [4.78, 5) is 14.5. The van der Waals surface area contributed by atoms with Crippen LogP contribution < -0.4 is 0 Å². The Balaban J connectivity index is 2.00. The lowest BCUT2D eigenvalue weighted by atomic mass is 10.0. The predicted molar refractivity (Wildman–Crippen MR) is 73.6 cm³/mol. The number of carbonyl (C=O) groups excluding carboxylic acids is 1. The fourth-order valence-electron chi connectivity index (χ4n) is 2.79. The molecule has 0 spiro atoms. The van der Waals surface area contributed by atoms with Gasteiger partial charge in [-0.3, -0.25) is 4.79 Å². The average molecular weight is 262 g/mol. The van der Waals surface area contributed by atoms with Gasteiger partial charge in [0.1, 0.15) is 0 Å². The highest BCUT2D eigenvalue weighted by atomic mass is 35.5. The van der Waals surface area contributed by atoms with Crippen LogP contribution in [-0.4, -0.2) is 16.8 Å². The van der Waals surface area contributed by atoms with Crippen molar-refractivity contribution in [2.45, 2.75) is 32.4 Å². The minimum Gasteiger partial charge on any atom is -0.331 e. The second-order valence-electron chi connectivity index (χ2n) is 5.24. The highest BCUT2D eigenvalue weighted by molar-refractivity contribution is 6.31. The Labute approximate surface area is 112 Å². The molecule has 1 aromatic carbocycles. The Morgan fingerprint density at radius 1 is 1.50 bits per heavy atom. The molecule has 18 heavy (non-hydrogen) atoms. The molecule has 1 aromatic rings. The summed E-state index contributed by atoms with van der Waals surface area (Å²) >= 11 is 6.08. The molecule has 2 aliphatic rings. The first-order valence-corrected chi connectivity index (χ1v) is 6.75. The molecule has 0 N–H and O–H groups in total. The van der Waals surface area contributed by atoms with Gasteiger partial charge in [-0.25, -0.2) is 0 Å². The number of fused-ring (bicyclic) bond motifs is 1. The molecule has 1 saturated carbocycles. The summed E-state index contributed by atoms with van der Waals surface area (Å²) in [7, 11) is 0. The topological polar surface area (TPSA) is 20.3 Å². The molecule has 2 nitrogen and oxygen atoms in total. The van der Waals surface area contributed by atoms with E-state index in [1.165, 1.54) is 12.8 Å². The Kier molecular flexibility index (Phi) is 2.70. The third-order valence-corrected chi connectivity index (χ3v) is 4.26. The van der Waals surface area contributed by atoms with Crippen molar-refractivity contribution in [1.82, 2.24) is 4.90 Å². The third-order valence-electron chi connectivity index (χ3n) is 4.05. The molecule has 0 aromatic heterocycles. The van der Waals surface area contributed by atoms with Crippen molar-refractivity contribution >= 4 is 23.6 Å². The summed E-state index contributed by atoms with van der Waals surface area (Å²) in [5, 5.41) is 0.678. The summed E-state index contributed by atoms with van der Waals surface area (Å²) < 4.78 is 0. The van der Waals surface area contributed by atoms with Crippen LogP contribution in [0.3, 0.4) is 0 Å². The van der Waals surface area contributed by atoms with Crippen molar-refractivity contribution in [1.29, 1.82) is 0 Å². The quantitative estimate of drug-likeness (QED) is 0.812. The zero-order valence-corrected chi connectivity index (χ0v) is 11.2. The minimum atomic E-state index is 0.135. The molecule has 1 aliphatic heterocycles. The lowest BCUT2D eigenvalue weighted by molar-refractivity contribution is 0.0697. The molecule has 0 saturated heterocycles. The van der Waals surface area contributed by atoms with Gasteiger partial charge in [0, 0.05) is 17.6 Å². The van der Waals surface area contributed by atoms with Crippen molar-refractivity contribution in [3.05, 3.63) is 40.4 Å². The first kappa shape index (κ1) is 11.8. The summed E-state index contributed by atoms with van der Waals surface area (Å²) in [6, 6.07) is 4.05. The van der Waals surface area contributed by atoms with E-state index in [2.05, 4.69) is 13.5 Å². The first-order valence-electron chi connectivity index (χ1n) is 6.37. The van der Waals surface area contributed by atoms with Crippen molar-refractivity contribution < 1.29 is 4.79 Å². The standard InChI is InChI=1S/C15H16ClNO/c1-3-10-6-13(16)7-12-8-17(15(18)14(10)12)9(2)11-4-5-11/h3,6-7,9,11H,1,4-5,8H2,2H3. The van der Waals surface area contributed by atoms with Crippen LogP contribution in [-0.2, 0) is 6.54 Å². The highest BCUT2D eigenvalue weighted by Crippen LogP contribution is 2.39. The number of amides is 1. The Morgan fingerprint density at radius 2 is 2.22 bits per heavy atom. The van der Waals surface area contributed by atoms with Crippen LogP contribution in [0, 0.1) is 5.92 Å². The van der Waals surface area contributed by atoms with E-state index < -0.39 is 0 Å². The Morgan fingerprint density at radius 3 is 2.83 bits per heavy atom. The maximum absolute atomic E-state index is 12.5. The largest absolute Gasteiger partial charge is 0.331 e. The molecule has 1 amide bonds. The highest BCUT2D eigenvalue weighted by Gasteiger charge is 2.39. The third kappa shape index (κ3) is 1.76. The first-order chi connectivity index (χ1) is 8.61. The second-order valence-corrected chi connectivity index (χ2v) is 5.68. The van der Waals surface area contributed by atoms with Crippen molar-refractivity contribution in [2.75, 3.05) is 0 Å². The van der Waals surface area contributed by atoms with Gasteiger partial charge in [-0.1, -0.05) is 24.3 Å². The fraction of sp³-hybridized carbons (Fsp3) is 0.400. The van der Waals surface area contributed by atoms with E-state index in [9.17, 15) is 4.79 Å². The van der Waals surface area contributed by atoms with Crippen LogP contribution in [0.1, 0.15) is 41.3 Å². The van der Waals surface area contributed by atoms with Gasteiger partial charge in [-0.15, -0.1) is 0 Å². The van der Waals surface area contributed by atoms with Crippen LogP contribution in [0.25, 0.3) is 6.08 Å². The number of rotatable bonds is 3. The van der Waals surface area contributed by atoms with Gasteiger partial charge in [0.2, 0.25) is 0 Å². The maximum atomic E-state index is 12.5. The molecule has 1 atom stereocenters. The zero-order chi connectivity index (χ0) is 12.9. The molecule has 94 valence electrons. The van der Waals surface area contributed by atoms with Gasteiger partial charge in [0.05, 0.1) is 5.56 Å². The van der Waals surface area contributed by atoms with Gasteiger partial charge in [0.25, 0.3) is 5.91 Å². The lowest BCUT2D eigenvalue weighted by Crippen LogP contribution is -2.34. The number of hydrogen-bond donors (Lipinski definition) is 0. The number of carbonyl (C=O) groups is 1. The molecule has 1 aliphatic carbocycles. The zero-order valence-electron chi connectivity index (χ0n) is 10.4. The molecular formula is C15H16ClNO. The number of nitrogens with zero attached hydrogens (tertiary/aromatic N) is 1. The van der Waals surface area contributed by atoms with Crippen LogP contribution in [0.2, 0.25) is 5.02 Å². The molecule has 0 radical (unpaired) electrons. The number of hydrogen-bond acceptors (Lipinski definition) is 1. The Bertz CT molecular complexity index is 534. The van der Waals surface area contributed by atoms with Crippen LogP contribution in [0.4, 0.5) is 0 Å². The van der Waals surface area contributed by atoms with E-state index in [0.717, 1.165) is 16.7 Å². The van der Waals surface area contributed by atoms with E-state index in [-0.39, 0.29) is 5.91 Å². The van der Waals surface area contributed by atoms with E-state index >= 15 is 0 Å². The van der Waals surface area contributed by atoms with E-state index in [4.69, 9.17) is 11.6 Å². The average Bonchev–Trinajstić information content (AvgIpc) is 3.13. The van der Waals surface area contributed by atoms with Crippen LogP contribution in [0.5, 0.6) is 0 Å². The molecule has 1 heterocycles. The van der Waals surface area contributed by atoms with Crippen molar-refractivity contribution in [3.63, 3.8) is 0 Å². The maximum Gasteiger partial charge on any atom is 0.255 e. The van der Waals surface area contributed by atoms with E-state index in [1.807, 2.05) is 17.0 Å². The second kappa shape index (κ2) is 4.13. The fourth-order valence-corrected chi connectivity index (χ4v) is 3.04. The van der Waals surface area contributed by atoms with E-state index in [1.54, 1.807) is 6.08 Å². The monoisotopic (exact) mass is 261 g/mol. The van der Waals surface area contributed by atoms with Crippen LogP contribution in [0.15, 0.2) is 18.7 Å². The molecule has 3 rings (SSSR count). The minimum absolute atomic E-state index is 0.135. The SMILES string of the molecule is C=Cc1cc(Cl)cc2c1C(=O)N(C(C)C1CC1)C2. The van der Waals surface area contributed by atoms with Gasteiger partial charge in [0.15, 0.2) is 0 Å². The molecule has 3 heteroatoms. The van der Waals surface area contributed by atoms with Gasteiger partial charge in [-0.2, -0.15) is 0 Å². The Hall–Kier alpha value is -1.28. The van der Waals surface area contributed by atoms with E-state index in [0.29, 0.717) is 23.5 Å². The molecular weight excluding hydrogens is 246 g/mol. The molecule has 1 unspecified atom stereocenters. The number of benzene rings is 1. The van der Waals surface area contributed by atoms with Gasteiger partial charge in [-0.05, 0) is 48.9 Å².